The maximum absolute atomic E-state index is 2.73. The number of fused-ring (bicyclic) bond motifs is 19. The van der Waals surface area contributed by atoms with Gasteiger partial charge >= 0.3 is 6.85 Å². The van der Waals surface area contributed by atoms with Gasteiger partial charge in [0.15, 0.2) is 0 Å². The number of thiophene rings is 3. The molecule has 0 bridgehead atoms. The highest BCUT2D eigenvalue weighted by molar-refractivity contribution is 7.27. The van der Waals surface area contributed by atoms with Crippen LogP contribution in [0.4, 0.5) is 11.4 Å². The molecule has 0 saturated heterocycles. The lowest BCUT2D eigenvalue weighted by atomic mass is 9.44. The fourth-order valence-corrected chi connectivity index (χ4v) is 14.6. The van der Waals surface area contributed by atoms with Crippen LogP contribution in [0.15, 0.2) is 140 Å². The van der Waals surface area contributed by atoms with Gasteiger partial charge in [-0.2, -0.15) is 0 Å². The monoisotopic (exact) mass is 848 g/mol. The van der Waals surface area contributed by atoms with Crippen LogP contribution in [0.2, 0.25) is 0 Å². The summed E-state index contributed by atoms with van der Waals surface area (Å²) in [6.45, 7) is 13.9. The van der Waals surface area contributed by atoms with E-state index in [1.54, 1.807) is 0 Å². The normalized spacial score (nSPS) is 13.9. The number of hydrogen-bond donors (Lipinski definition) is 0. The summed E-state index contributed by atoms with van der Waals surface area (Å²) >= 11 is 5.83. The highest BCUT2D eigenvalue weighted by atomic mass is 32.1. The second kappa shape index (κ2) is 12.0. The molecule has 4 aromatic heterocycles. The predicted octanol–water partition coefficient (Wildman–Crippen LogP) is 15.7. The van der Waals surface area contributed by atoms with Crippen LogP contribution in [-0.4, -0.2) is 11.4 Å². The van der Waals surface area contributed by atoms with Crippen molar-refractivity contribution in [1.82, 2.24) is 4.57 Å². The fraction of sp³-hybridized carbons (Fsp3) is 0.143. The van der Waals surface area contributed by atoms with Crippen LogP contribution in [0.1, 0.15) is 52.7 Å². The average Bonchev–Trinajstić information content (AvgIpc) is 4.02. The molecule has 0 fully saturated rings. The molecular formula is C56H41BN2S3. The minimum Gasteiger partial charge on any atom is -0.376 e. The molecule has 0 N–H and O–H groups in total. The molecule has 2 aliphatic heterocycles. The van der Waals surface area contributed by atoms with Gasteiger partial charge in [-0.05, 0) is 99.6 Å². The maximum atomic E-state index is 2.73. The Morgan fingerprint density at radius 2 is 1.05 bits per heavy atom. The van der Waals surface area contributed by atoms with Crippen LogP contribution in [0.5, 0.6) is 0 Å². The first kappa shape index (κ1) is 35.7. The summed E-state index contributed by atoms with van der Waals surface area (Å²) in [7, 11) is 0. The first-order valence-corrected chi connectivity index (χ1v) is 24.2. The summed E-state index contributed by atoms with van der Waals surface area (Å²) in [5.41, 5.74) is 14.7. The summed E-state index contributed by atoms with van der Waals surface area (Å²) < 4.78 is 10.8. The Morgan fingerprint density at radius 3 is 1.71 bits per heavy atom. The minimum absolute atomic E-state index is 0.000389. The Bertz CT molecular complexity index is 3960. The van der Waals surface area contributed by atoms with E-state index >= 15 is 0 Å². The zero-order chi connectivity index (χ0) is 41.6. The van der Waals surface area contributed by atoms with Crippen LogP contribution in [0.3, 0.4) is 0 Å². The van der Waals surface area contributed by atoms with Crippen LogP contribution in [-0.2, 0) is 10.8 Å². The highest BCUT2D eigenvalue weighted by Crippen LogP contribution is 2.54. The second-order valence-corrected chi connectivity index (χ2v) is 22.9. The summed E-state index contributed by atoms with van der Waals surface area (Å²) in [4.78, 5) is 2.73. The molecule has 0 saturated carbocycles. The largest absolute Gasteiger partial charge is 0.376 e. The van der Waals surface area contributed by atoms with E-state index < -0.39 is 0 Å². The van der Waals surface area contributed by atoms with Crippen molar-refractivity contribution in [2.75, 3.05) is 4.81 Å². The zero-order valence-electron chi connectivity index (χ0n) is 35.5. The Morgan fingerprint density at radius 1 is 0.468 bits per heavy atom. The molecular weight excluding hydrogens is 808 g/mol. The van der Waals surface area contributed by atoms with E-state index in [0.29, 0.717) is 0 Å². The van der Waals surface area contributed by atoms with Crippen LogP contribution < -0.4 is 15.7 Å². The predicted molar refractivity (Wildman–Crippen MR) is 276 cm³/mol. The summed E-state index contributed by atoms with van der Waals surface area (Å²) in [5.74, 6) is 0. The smallest absolute Gasteiger partial charge is 0.333 e. The van der Waals surface area contributed by atoms with Gasteiger partial charge in [0.2, 0.25) is 0 Å². The van der Waals surface area contributed by atoms with Gasteiger partial charge in [-0.25, -0.2) is 0 Å². The first-order chi connectivity index (χ1) is 30.0. The van der Waals surface area contributed by atoms with Crippen LogP contribution in [0.25, 0.3) is 99.1 Å². The summed E-state index contributed by atoms with van der Waals surface area (Å²) in [5, 5.41) is 10.8. The van der Waals surface area contributed by atoms with E-state index in [-0.39, 0.29) is 17.7 Å². The van der Waals surface area contributed by atoms with Gasteiger partial charge in [0.05, 0.1) is 11.0 Å². The number of hydrogen-bond acceptors (Lipinski definition) is 4. The lowest BCUT2D eigenvalue weighted by Crippen LogP contribution is -2.60. The van der Waals surface area contributed by atoms with Gasteiger partial charge in [0.25, 0.3) is 0 Å². The van der Waals surface area contributed by atoms with Crippen molar-refractivity contribution in [3.63, 3.8) is 0 Å². The van der Waals surface area contributed by atoms with Crippen molar-refractivity contribution < 1.29 is 0 Å². The molecule has 296 valence electrons. The van der Waals surface area contributed by atoms with Crippen molar-refractivity contribution in [3.8, 4) is 16.8 Å². The van der Waals surface area contributed by atoms with E-state index in [2.05, 4.69) is 190 Å². The van der Waals surface area contributed by atoms with E-state index in [9.17, 15) is 0 Å². The number of anilines is 2. The third kappa shape index (κ3) is 4.60. The molecule has 0 amide bonds. The molecule has 2 nitrogen and oxygen atoms in total. The zero-order valence-corrected chi connectivity index (χ0v) is 37.9. The molecule has 0 radical (unpaired) electrons. The van der Waals surface area contributed by atoms with Crippen molar-refractivity contribution in [2.45, 2.75) is 52.4 Å². The topological polar surface area (TPSA) is 8.17 Å². The molecule has 0 atom stereocenters. The standard InChI is InChI=1S/C56H41BN2S3/c1-55(2,3)30-19-22-32(23-20-30)59-42-26-36-33-13-7-10-16-44(33)60-47(36)28-39(42)51-52-53-49(50-35-15-9-12-18-46(35)62-54(50)51)38-25-31(56(4,5)6)21-24-41(38)58(53)43-27-37-34-14-8-11-17-45(34)61-48(37)29-40(43)57(52)59/h7-29H,1-6H3. The number of benzene rings is 8. The molecule has 0 aliphatic carbocycles. The third-order valence-corrected chi connectivity index (χ3v) is 17.5. The van der Waals surface area contributed by atoms with Gasteiger partial charge in [-0.15, -0.1) is 34.0 Å². The molecule has 8 aromatic carbocycles. The van der Waals surface area contributed by atoms with Crippen molar-refractivity contribution in [2.24, 2.45) is 0 Å². The van der Waals surface area contributed by atoms with Crippen molar-refractivity contribution in [1.29, 1.82) is 0 Å². The molecule has 14 rings (SSSR count). The third-order valence-electron chi connectivity index (χ3n) is 14.1. The average molecular weight is 849 g/mol. The Hall–Kier alpha value is -5.92. The number of nitrogens with zero attached hydrogens (tertiary/aromatic N) is 2. The highest BCUT2D eigenvalue weighted by Gasteiger charge is 2.46. The Labute approximate surface area is 372 Å². The SMILES string of the molecule is CC(C)(C)c1ccc(N2B3c4cc5sc6ccccc6c5cc4-n4c5ccc(C(C)(C)C)cc5c5c6c(sc7ccccc76)c(c3c54)-c3cc4sc5ccccc5c4cc32)cc1. The summed E-state index contributed by atoms with van der Waals surface area (Å²) in [6, 6.07) is 54.2. The molecule has 0 spiro atoms. The van der Waals surface area contributed by atoms with E-state index in [1.165, 1.54) is 133 Å². The molecule has 12 aromatic rings. The Kier molecular flexibility index (Phi) is 6.88. The first-order valence-electron chi connectivity index (χ1n) is 21.8. The Balaban J connectivity index is 1.24. The van der Waals surface area contributed by atoms with Gasteiger partial charge in [0, 0.05) is 99.5 Å². The lowest BCUT2D eigenvalue weighted by Gasteiger charge is -2.42. The molecule has 6 heteroatoms. The minimum atomic E-state index is -0.0686. The fourth-order valence-electron chi connectivity index (χ4n) is 11.1. The van der Waals surface area contributed by atoms with Crippen LogP contribution in [0, 0.1) is 0 Å². The van der Waals surface area contributed by atoms with Crippen LogP contribution >= 0.6 is 34.0 Å². The van der Waals surface area contributed by atoms with Gasteiger partial charge < -0.3 is 9.38 Å². The van der Waals surface area contributed by atoms with E-state index in [4.69, 9.17) is 0 Å². The molecule has 62 heavy (non-hydrogen) atoms. The lowest BCUT2D eigenvalue weighted by molar-refractivity contribution is 0.590. The molecule has 6 heterocycles. The molecule has 0 unspecified atom stereocenters. The van der Waals surface area contributed by atoms with Gasteiger partial charge in [-0.1, -0.05) is 114 Å². The quantitative estimate of drug-likeness (QED) is 0.149. The number of rotatable bonds is 1. The second-order valence-electron chi connectivity index (χ2n) is 19.7. The maximum Gasteiger partial charge on any atom is 0.333 e. The van der Waals surface area contributed by atoms with E-state index in [1.807, 2.05) is 34.0 Å². The van der Waals surface area contributed by atoms with E-state index in [0.717, 1.165) is 0 Å². The van der Waals surface area contributed by atoms with Crippen molar-refractivity contribution in [3.05, 3.63) is 151 Å². The van der Waals surface area contributed by atoms with Gasteiger partial charge in [0.1, 0.15) is 0 Å². The number of aromatic nitrogens is 1. The molecule has 2 aliphatic rings. The summed E-state index contributed by atoms with van der Waals surface area (Å²) in [6.07, 6.45) is 0. The van der Waals surface area contributed by atoms with Crippen molar-refractivity contribution >= 4 is 145 Å². The van der Waals surface area contributed by atoms with Gasteiger partial charge in [-0.3, -0.25) is 0 Å².